The maximum atomic E-state index is 13.0. The number of Topliss-reactive ketones (excluding diaryl/α,β-unsaturated/α-hetero) is 1. The predicted octanol–water partition coefficient (Wildman–Crippen LogP) is 2.63. The van der Waals surface area contributed by atoms with E-state index in [-0.39, 0.29) is 17.1 Å². The third-order valence-corrected chi connectivity index (χ3v) is 7.17. The first-order chi connectivity index (χ1) is 14.4. The Labute approximate surface area is 175 Å². The predicted molar refractivity (Wildman–Crippen MR) is 112 cm³/mol. The first kappa shape index (κ1) is 20.5. The molecule has 8 heteroatoms. The van der Waals surface area contributed by atoms with Gasteiger partial charge in [-0.1, -0.05) is 30.3 Å². The molecule has 0 spiro atoms. The number of rotatable bonds is 6. The summed E-state index contributed by atoms with van der Waals surface area (Å²) in [6, 6.07) is 14.7. The summed E-state index contributed by atoms with van der Waals surface area (Å²) < 4.78 is 34.4. The molecule has 0 unspecified atom stereocenters. The van der Waals surface area contributed by atoms with Crippen molar-refractivity contribution in [3.8, 4) is 5.69 Å². The Hall–Kier alpha value is -2.81. The molecule has 1 aromatic heterocycles. The van der Waals surface area contributed by atoms with Gasteiger partial charge in [-0.3, -0.25) is 4.79 Å². The summed E-state index contributed by atoms with van der Waals surface area (Å²) in [5, 5.41) is 4.26. The topological polar surface area (TPSA) is 81.5 Å². The second-order valence-electron chi connectivity index (χ2n) is 7.23. The van der Waals surface area contributed by atoms with E-state index in [0.717, 1.165) is 5.69 Å². The van der Waals surface area contributed by atoms with Gasteiger partial charge in [0.2, 0.25) is 10.0 Å². The van der Waals surface area contributed by atoms with Crippen LogP contribution in [-0.2, 0) is 21.2 Å². The molecule has 1 saturated heterocycles. The molecule has 156 valence electrons. The van der Waals surface area contributed by atoms with Crippen molar-refractivity contribution in [3.05, 3.63) is 77.6 Å². The number of benzene rings is 2. The highest BCUT2D eigenvalue weighted by atomic mass is 32.2. The number of sulfonamides is 1. The molecule has 0 N–H and O–H groups in total. The van der Waals surface area contributed by atoms with Crippen molar-refractivity contribution in [2.24, 2.45) is 0 Å². The number of ketones is 1. The minimum atomic E-state index is -3.62. The van der Waals surface area contributed by atoms with E-state index < -0.39 is 10.0 Å². The van der Waals surface area contributed by atoms with Crippen molar-refractivity contribution in [3.63, 3.8) is 0 Å². The van der Waals surface area contributed by atoms with Crippen molar-refractivity contribution in [1.82, 2.24) is 14.1 Å². The average Bonchev–Trinajstić information content (AvgIpc) is 3.27. The van der Waals surface area contributed by atoms with Crippen molar-refractivity contribution >= 4 is 15.8 Å². The van der Waals surface area contributed by atoms with Crippen LogP contribution < -0.4 is 0 Å². The highest BCUT2D eigenvalue weighted by molar-refractivity contribution is 7.89. The fraction of sp³-hybridized carbons (Fsp3) is 0.273. The molecule has 0 aliphatic carbocycles. The van der Waals surface area contributed by atoms with Gasteiger partial charge in [0.25, 0.3) is 0 Å². The standard InChI is InChI=1S/C22H23N3O4S/c1-17-7-8-18(14-22(17)30(27,28)24-9-11-29-12-10-24)13-21(26)19-15-23-25(16-19)20-5-3-2-4-6-20/h2-8,14-16H,9-13H2,1H3. The smallest absolute Gasteiger partial charge is 0.243 e. The van der Waals surface area contributed by atoms with Crippen LogP contribution in [0.2, 0.25) is 0 Å². The van der Waals surface area contributed by atoms with E-state index in [1.807, 2.05) is 30.3 Å². The number of carbonyl (C=O) groups is 1. The number of nitrogens with zero attached hydrogens (tertiary/aromatic N) is 3. The minimum Gasteiger partial charge on any atom is -0.379 e. The molecular weight excluding hydrogens is 402 g/mol. The summed E-state index contributed by atoms with van der Waals surface area (Å²) in [5.41, 5.74) is 2.67. The van der Waals surface area contributed by atoms with Gasteiger partial charge in [0, 0.05) is 25.7 Å². The Morgan fingerprint density at radius 3 is 2.57 bits per heavy atom. The highest BCUT2D eigenvalue weighted by Crippen LogP contribution is 2.23. The quantitative estimate of drug-likeness (QED) is 0.567. The van der Waals surface area contributed by atoms with Crippen molar-refractivity contribution in [1.29, 1.82) is 0 Å². The largest absolute Gasteiger partial charge is 0.379 e. The molecule has 0 amide bonds. The second kappa shape index (κ2) is 8.51. The molecule has 0 bridgehead atoms. The van der Waals surface area contributed by atoms with Crippen LogP contribution >= 0.6 is 0 Å². The van der Waals surface area contributed by atoms with Gasteiger partial charge in [-0.25, -0.2) is 13.1 Å². The molecule has 4 rings (SSSR count). The van der Waals surface area contributed by atoms with Gasteiger partial charge >= 0.3 is 0 Å². The molecule has 1 aliphatic heterocycles. The van der Waals surface area contributed by atoms with Crippen molar-refractivity contribution in [2.45, 2.75) is 18.2 Å². The fourth-order valence-electron chi connectivity index (χ4n) is 3.43. The molecule has 7 nitrogen and oxygen atoms in total. The molecular formula is C22H23N3O4S. The normalized spacial score (nSPS) is 15.2. The third kappa shape index (κ3) is 4.21. The molecule has 3 aromatic rings. The maximum Gasteiger partial charge on any atom is 0.243 e. The Balaban J connectivity index is 1.55. The second-order valence-corrected chi connectivity index (χ2v) is 9.13. The van der Waals surface area contributed by atoms with Crippen LogP contribution in [-0.4, -0.2) is 54.6 Å². The maximum absolute atomic E-state index is 13.0. The van der Waals surface area contributed by atoms with Gasteiger partial charge in [-0.2, -0.15) is 9.40 Å². The van der Waals surface area contributed by atoms with E-state index in [9.17, 15) is 13.2 Å². The zero-order chi connectivity index (χ0) is 21.1. The summed E-state index contributed by atoms with van der Waals surface area (Å²) in [6.07, 6.45) is 3.33. The molecule has 1 aliphatic rings. The van der Waals surface area contributed by atoms with Crippen LogP contribution in [0.5, 0.6) is 0 Å². The van der Waals surface area contributed by atoms with Crippen LogP contribution in [0, 0.1) is 6.92 Å². The Morgan fingerprint density at radius 1 is 1.10 bits per heavy atom. The Morgan fingerprint density at radius 2 is 1.83 bits per heavy atom. The number of morpholine rings is 1. The number of aryl methyl sites for hydroxylation is 1. The lowest BCUT2D eigenvalue weighted by atomic mass is 10.0. The van der Waals surface area contributed by atoms with Gasteiger partial charge in [-0.05, 0) is 36.2 Å². The van der Waals surface area contributed by atoms with E-state index in [2.05, 4.69) is 5.10 Å². The zero-order valence-electron chi connectivity index (χ0n) is 16.7. The molecule has 0 atom stereocenters. The van der Waals surface area contributed by atoms with Crippen LogP contribution in [0.15, 0.2) is 65.8 Å². The minimum absolute atomic E-state index is 0.104. The lowest BCUT2D eigenvalue weighted by Gasteiger charge is -2.26. The summed E-state index contributed by atoms with van der Waals surface area (Å²) >= 11 is 0. The first-order valence-electron chi connectivity index (χ1n) is 9.76. The van der Waals surface area contributed by atoms with E-state index in [1.165, 1.54) is 10.5 Å². The molecule has 1 fully saturated rings. The number of ether oxygens (including phenoxy) is 1. The summed E-state index contributed by atoms with van der Waals surface area (Å²) in [5.74, 6) is -0.115. The summed E-state index contributed by atoms with van der Waals surface area (Å²) in [6.45, 7) is 3.22. The van der Waals surface area contributed by atoms with Gasteiger partial charge < -0.3 is 4.74 Å². The molecule has 0 saturated carbocycles. The Kier molecular flexibility index (Phi) is 5.80. The van der Waals surface area contributed by atoms with Crippen LogP contribution in [0.25, 0.3) is 5.69 Å². The summed E-state index contributed by atoms with van der Waals surface area (Å²) in [4.78, 5) is 13.0. The molecule has 2 aromatic carbocycles. The number of para-hydroxylation sites is 1. The molecule has 30 heavy (non-hydrogen) atoms. The van der Waals surface area contributed by atoms with Crippen LogP contribution in [0.4, 0.5) is 0 Å². The van der Waals surface area contributed by atoms with Crippen molar-refractivity contribution < 1.29 is 17.9 Å². The van der Waals surface area contributed by atoms with Gasteiger partial charge in [0.1, 0.15) is 0 Å². The molecule has 2 heterocycles. The monoisotopic (exact) mass is 425 g/mol. The van der Waals surface area contributed by atoms with E-state index in [4.69, 9.17) is 4.74 Å². The van der Waals surface area contributed by atoms with Crippen molar-refractivity contribution in [2.75, 3.05) is 26.3 Å². The fourth-order valence-corrected chi connectivity index (χ4v) is 5.12. The number of hydrogen-bond donors (Lipinski definition) is 0. The Bertz CT molecular complexity index is 1150. The SMILES string of the molecule is Cc1ccc(CC(=O)c2cnn(-c3ccccc3)c2)cc1S(=O)(=O)N1CCOCC1. The summed E-state index contributed by atoms with van der Waals surface area (Å²) in [7, 11) is -3.62. The van der Waals surface area contributed by atoms with Gasteiger partial charge in [-0.15, -0.1) is 0 Å². The zero-order valence-corrected chi connectivity index (χ0v) is 17.5. The van der Waals surface area contributed by atoms with Crippen LogP contribution in [0.3, 0.4) is 0 Å². The number of hydrogen-bond acceptors (Lipinski definition) is 5. The van der Waals surface area contributed by atoms with Gasteiger partial charge in [0.15, 0.2) is 5.78 Å². The van der Waals surface area contributed by atoms with E-state index in [0.29, 0.717) is 43.0 Å². The lowest BCUT2D eigenvalue weighted by Crippen LogP contribution is -2.40. The van der Waals surface area contributed by atoms with E-state index >= 15 is 0 Å². The average molecular weight is 426 g/mol. The first-order valence-corrected chi connectivity index (χ1v) is 11.2. The van der Waals surface area contributed by atoms with E-state index in [1.54, 1.807) is 36.0 Å². The lowest BCUT2D eigenvalue weighted by molar-refractivity contribution is 0.0730. The number of carbonyl (C=O) groups excluding carboxylic acids is 1. The van der Waals surface area contributed by atoms with Crippen LogP contribution in [0.1, 0.15) is 21.5 Å². The third-order valence-electron chi connectivity index (χ3n) is 5.13. The highest BCUT2D eigenvalue weighted by Gasteiger charge is 2.28. The number of aromatic nitrogens is 2. The molecule has 0 radical (unpaired) electrons. The van der Waals surface area contributed by atoms with Gasteiger partial charge in [0.05, 0.1) is 35.6 Å².